The van der Waals surface area contributed by atoms with E-state index in [0.29, 0.717) is 38.7 Å². The highest BCUT2D eigenvalue weighted by molar-refractivity contribution is 9.10. The third-order valence-corrected chi connectivity index (χ3v) is 6.79. The summed E-state index contributed by atoms with van der Waals surface area (Å²) in [5, 5.41) is 3.14. The molecule has 2 heterocycles. The molecule has 160 valence electrons. The number of nitrogens with one attached hydrogen (secondary N) is 1. The Balaban J connectivity index is 1.53. The van der Waals surface area contributed by atoms with Crippen molar-refractivity contribution < 1.29 is 23.1 Å². The van der Waals surface area contributed by atoms with E-state index in [4.69, 9.17) is 9.15 Å². The molecule has 3 aromatic rings. The van der Waals surface area contributed by atoms with Gasteiger partial charge in [-0.2, -0.15) is 0 Å². The molecule has 1 amide bonds. The number of furan rings is 1. The number of benzene rings is 2. The van der Waals surface area contributed by atoms with Gasteiger partial charge in [0.25, 0.3) is 5.91 Å². The Morgan fingerprint density at radius 1 is 1.16 bits per heavy atom. The molecule has 1 spiro atoms. The van der Waals surface area contributed by atoms with Crippen LogP contribution in [0.3, 0.4) is 0 Å². The summed E-state index contributed by atoms with van der Waals surface area (Å²) < 4.78 is 26.9. The Morgan fingerprint density at radius 2 is 1.94 bits per heavy atom. The first-order chi connectivity index (χ1) is 14.9. The molecule has 5 rings (SSSR count). The SMILES string of the molecule is Cc1c(C(=O)Nc2ccc(Br)cc2F)oc2ccc3c(c12)C(=O)CC1(CCCCC1)O3. The molecule has 1 saturated carbocycles. The monoisotopic (exact) mass is 485 g/mol. The lowest BCUT2D eigenvalue weighted by Gasteiger charge is -2.40. The van der Waals surface area contributed by atoms with Gasteiger partial charge in [0.05, 0.1) is 17.7 Å². The lowest BCUT2D eigenvalue weighted by molar-refractivity contribution is 0.0139. The molecule has 1 aliphatic carbocycles. The Morgan fingerprint density at radius 3 is 2.68 bits per heavy atom. The number of fused-ring (bicyclic) bond motifs is 3. The molecule has 1 fully saturated rings. The van der Waals surface area contributed by atoms with Gasteiger partial charge >= 0.3 is 0 Å². The van der Waals surface area contributed by atoms with Gasteiger partial charge in [-0.1, -0.05) is 22.4 Å². The third kappa shape index (κ3) is 3.45. The predicted octanol–water partition coefficient (Wildman–Crippen LogP) is 6.56. The van der Waals surface area contributed by atoms with Crippen molar-refractivity contribution in [2.75, 3.05) is 5.32 Å². The van der Waals surface area contributed by atoms with Crippen molar-refractivity contribution in [1.29, 1.82) is 0 Å². The number of amides is 1. The number of anilines is 1. The predicted molar refractivity (Wildman–Crippen MR) is 118 cm³/mol. The molecule has 0 bridgehead atoms. The van der Waals surface area contributed by atoms with Crippen LogP contribution in [0, 0.1) is 12.7 Å². The molecule has 0 saturated heterocycles. The van der Waals surface area contributed by atoms with Crippen LogP contribution in [0.1, 0.15) is 65.0 Å². The summed E-state index contributed by atoms with van der Waals surface area (Å²) in [5.74, 6) is -0.507. The fraction of sp³-hybridized carbons (Fsp3) is 0.333. The number of carbonyl (C=O) groups is 2. The van der Waals surface area contributed by atoms with Crippen LogP contribution in [-0.4, -0.2) is 17.3 Å². The highest BCUT2D eigenvalue weighted by atomic mass is 79.9. The fourth-order valence-corrected chi connectivity index (χ4v) is 5.13. The summed E-state index contributed by atoms with van der Waals surface area (Å²) in [6.07, 6.45) is 5.40. The third-order valence-electron chi connectivity index (χ3n) is 6.29. The van der Waals surface area contributed by atoms with Gasteiger partial charge in [0, 0.05) is 15.4 Å². The molecule has 0 atom stereocenters. The minimum absolute atomic E-state index is 0.0172. The number of aryl methyl sites for hydroxylation is 1. The van der Waals surface area contributed by atoms with E-state index < -0.39 is 17.3 Å². The van der Waals surface area contributed by atoms with E-state index in [-0.39, 0.29) is 17.2 Å². The van der Waals surface area contributed by atoms with Crippen LogP contribution in [-0.2, 0) is 0 Å². The van der Waals surface area contributed by atoms with Crippen LogP contribution in [0.25, 0.3) is 11.0 Å². The van der Waals surface area contributed by atoms with Crippen molar-refractivity contribution in [1.82, 2.24) is 0 Å². The van der Waals surface area contributed by atoms with Crippen molar-refractivity contribution in [3.05, 3.63) is 57.5 Å². The average molecular weight is 486 g/mol. The molecule has 2 aliphatic rings. The number of rotatable bonds is 2. The zero-order valence-electron chi connectivity index (χ0n) is 17.0. The first-order valence-electron chi connectivity index (χ1n) is 10.4. The Kier molecular flexibility index (Phi) is 4.88. The second-order valence-corrected chi connectivity index (χ2v) is 9.31. The number of hydrogen-bond acceptors (Lipinski definition) is 4. The Hall–Kier alpha value is -2.67. The van der Waals surface area contributed by atoms with Gasteiger partial charge in [0.2, 0.25) is 0 Å². The molecular weight excluding hydrogens is 465 g/mol. The van der Waals surface area contributed by atoms with Gasteiger partial charge in [-0.05, 0) is 62.9 Å². The molecule has 1 N–H and O–H groups in total. The number of Topliss-reactive ketones (excluding diaryl/α,β-unsaturated/α-hetero) is 1. The molecule has 0 radical (unpaired) electrons. The summed E-state index contributed by atoms with van der Waals surface area (Å²) in [7, 11) is 0. The van der Waals surface area contributed by atoms with Crippen LogP contribution >= 0.6 is 15.9 Å². The van der Waals surface area contributed by atoms with Crippen LogP contribution in [0.4, 0.5) is 10.1 Å². The second-order valence-electron chi connectivity index (χ2n) is 8.39. The first-order valence-corrected chi connectivity index (χ1v) is 11.2. The van der Waals surface area contributed by atoms with Crippen LogP contribution in [0.2, 0.25) is 0 Å². The van der Waals surface area contributed by atoms with Gasteiger partial charge < -0.3 is 14.5 Å². The van der Waals surface area contributed by atoms with Crippen molar-refractivity contribution in [2.24, 2.45) is 0 Å². The van der Waals surface area contributed by atoms with Gasteiger partial charge in [-0.3, -0.25) is 9.59 Å². The number of halogens is 2. The second kappa shape index (κ2) is 7.48. The maximum absolute atomic E-state index is 14.1. The van der Waals surface area contributed by atoms with E-state index in [1.807, 2.05) is 0 Å². The van der Waals surface area contributed by atoms with E-state index in [1.165, 1.54) is 18.6 Å². The van der Waals surface area contributed by atoms with Gasteiger partial charge in [0.1, 0.15) is 22.8 Å². The van der Waals surface area contributed by atoms with Crippen LogP contribution in [0.5, 0.6) is 5.75 Å². The molecule has 1 aromatic heterocycles. The minimum atomic E-state index is -0.573. The lowest BCUT2D eigenvalue weighted by atomic mass is 9.78. The minimum Gasteiger partial charge on any atom is -0.486 e. The lowest BCUT2D eigenvalue weighted by Crippen LogP contribution is -2.43. The number of ketones is 1. The highest BCUT2D eigenvalue weighted by Crippen LogP contribution is 2.45. The summed E-state index contributed by atoms with van der Waals surface area (Å²) in [6.45, 7) is 1.73. The zero-order chi connectivity index (χ0) is 21.8. The van der Waals surface area contributed by atoms with Crippen molar-refractivity contribution in [3.63, 3.8) is 0 Å². The quantitative estimate of drug-likeness (QED) is 0.445. The average Bonchev–Trinajstić information content (AvgIpc) is 3.07. The molecule has 31 heavy (non-hydrogen) atoms. The maximum Gasteiger partial charge on any atom is 0.291 e. The first kappa shape index (κ1) is 20.2. The summed E-state index contributed by atoms with van der Waals surface area (Å²) in [5.41, 5.74) is 1.10. The number of ether oxygens (including phenoxy) is 1. The summed E-state index contributed by atoms with van der Waals surface area (Å²) >= 11 is 3.19. The van der Waals surface area contributed by atoms with Crippen molar-refractivity contribution in [3.8, 4) is 5.75 Å². The molecule has 1 aliphatic heterocycles. The normalized spacial score (nSPS) is 17.5. The maximum atomic E-state index is 14.1. The van der Waals surface area contributed by atoms with Gasteiger partial charge in [-0.15, -0.1) is 0 Å². The molecule has 2 aromatic carbocycles. The van der Waals surface area contributed by atoms with Crippen LogP contribution < -0.4 is 10.1 Å². The van der Waals surface area contributed by atoms with Gasteiger partial charge in [-0.25, -0.2) is 4.39 Å². The number of hydrogen-bond donors (Lipinski definition) is 1. The van der Waals surface area contributed by atoms with E-state index in [2.05, 4.69) is 21.2 Å². The van der Waals surface area contributed by atoms with Crippen molar-refractivity contribution in [2.45, 2.75) is 51.0 Å². The van der Waals surface area contributed by atoms with E-state index in [1.54, 1.807) is 25.1 Å². The molecule has 0 unspecified atom stereocenters. The topological polar surface area (TPSA) is 68.5 Å². The van der Waals surface area contributed by atoms with Crippen LogP contribution in [0.15, 0.2) is 39.2 Å². The largest absolute Gasteiger partial charge is 0.486 e. The smallest absolute Gasteiger partial charge is 0.291 e. The van der Waals surface area contributed by atoms with Gasteiger partial charge in [0.15, 0.2) is 11.5 Å². The fourth-order valence-electron chi connectivity index (χ4n) is 4.80. The molecule has 5 nitrogen and oxygen atoms in total. The molecule has 7 heteroatoms. The summed E-state index contributed by atoms with van der Waals surface area (Å²) in [4.78, 5) is 26.0. The number of carbonyl (C=O) groups excluding carboxylic acids is 2. The van der Waals surface area contributed by atoms with E-state index in [9.17, 15) is 14.0 Å². The highest BCUT2D eigenvalue weighted by Gasteiger charge is 2.42. The Labute approximate surface area is 187 Å². The van der Waals surface area contributed by atoms with Crippen molar-refractivity contribution >= 4 is 44.3 Å². The zero-order valence-corrected chi connectivity index (χ0v) is 18.6. The molecular formula is C24H21BrFNO4. The summed E-state index contributed by atoms with van der Waals surface area (Å²) in [6, 6.07) is 7.86. The van der Waals surface area contributed by atoms with E-state index >= 15 is 0 Å². The Bertz CT molecular complexity index is 1230. The standard InChI is InChI=1S/C24H21BrFNO4/c1-13-20-18(30-22(13)23(29)27-16-6-5-14(25)11-15(16)26)7-8-19-21(20)17(28)12-24(31-19)9-3-2-4-10-24/h5-8,11H,2-4,9-10,12H2,1H3,(H,27,29). The van der Waals surface area contributed by atoms with E-state index in [0.717, 1.165) is 25.7 Å².